The Hall–Kier alpha value is -2.89. The van der Waals surface area contributed by atoms with Crippen molar-refractivity contribution in [1.29, 1.82) is 0 Å². The molecule has 0 radical (unpaired) electrons. The first kappa shape index (κ1) is 16.0. The number of carbonyl (C=O) groups is 2. The van der Waals surface area contributed by atoms with Crippen LogP contribution in [0.3, 0.4) is 0 Å². The van der Waals surface area contributed by atoms with E-state index in [1.807, 2.05) is 12.1 Å². The number of fused-ring (bicyclic) bond motifs is 1. The monoisotopic (exact) mass is 328 g/mol. The predicted molar refractivity (Wildman–Crippen MR) is 87.6 cm³/mol. The zero-order chi connectivity index (χ0) is 17.1. The average Bonchev–Trinajstić information content (AvgIpc) is 2.56. The number of ether oxygens (including phenoxy) is 1. The van der Waals surface area contributed by atoms with Crippen LogP contribution in [0.5, 0.6) is 5.75 Å². The third-order valence-corrected chi connectivity index (χ3v) is 3.76. The van der Waals surface area contributed by atoms with E-state index in [4.69, 9.17) is 4.74 Å². The number of benzene rings is 2. The summed E-state index contributed by atoms with van der Waals surface area (Å²) in [5.41, 5.74) is 1.87. The van der Waals surface area contributed by atoms with E-state index in [1.165, 1.54) is 18.2 Å². The molecule has 1 atom stereocenters. The molecule has 1 unspecified atom stereocenters. The Morgan fingerprint density at radius 2 is 2.12 bits per heavy atom. The van der Waals surface area contributed by atoms with Gasteiger partial charge in [-0.05, 0) is 49.2 Å². The molecule has 24 heavy (non-hydrogen) atoms. The molecule has 1 aliphatic rings. The lowest BCUT2D eigenvalue weighted by atomic mass is 10.1. The Labute approximate surface area is 138 Å². The van der Waals surface area contributed by atoms with Crippen LogP contribution in [0, 0.1) is 5.82 Å². The van der Waals surface area contributed by atoms with Gasteiger partial charge in [-0.15, -0.1) is 0 Å². The fourth-order valence-corrected chi connectivity index (χ4v) is 2.46. The highest BCUT2D eigenvalue weighted by atomic mass is 19.1. The molecule has 3 rings (SSSR count). The van der Waals surface area contributed by atoms with Crippen LogP contribution in [-0.2, 0) is 11.2 Å². The van der Waals surface area contributed by atoms with Crippen molar-refractivity contribution in [1.82, 2.24) is 5.32 Å². The van der Waals surface area contributed by atoms with Crippen LogP contribution in [0.15, 0.2) is 42.5 Å². The van der Waals surface area contributed by atoms with Crippen LogP contribution in [0.2, 0.25) is 0 Å². The molecule has 0 aliphatic carbocycles. The molecule has 2 N–H and O–H groups in total. The summed E-state index contributed by atoms with van der Waals surface area (Å²) < 4.78 is 18.6. The third-order valence-electron chi connectivity index (χ3n) is 3.76. The fraction of sp³-hybridized carbons (Fsp3) is 0.222. The van der Waals surface area contributed by atoms with Gasteiger partial charge < -0.3 is 15.4 Å². The highest BCUT2D eigenvalue weighted by Crippen LogP contribution is 2.30. The van der Waals surface area contributed by atoms with E-state index in [-0.39, 0.29) is 17.4 Å². The molecule has 0 fully saturated rings. The highest BCUT2D eigenvalue weighted by molar-refractivity contribution is 5.97. The molecular formula is C18H17FN2O3. The molecule has 5 nitrogen and oxygen atoms in total. The van der Waals surface area contributed by atoms with Gasteiger partial charge in [0.1, 0.15) is 11.6 Å². The number of rotatable bonds is 4. The van der Waals surface area contributed by atoms with Crippen molar-refractivity contribution in [2.45, 2.75) is 19.4 Å². The second-order valence-corrected chi connectivity index (χ2v) is 5.60. The molecule has 2 amide bonds. The van der Waals surface area contributed by atoms with E-state index in [1.54, 1.807) is 19.1 Å². The van der Waals surface area contributed by atoms with Gasteiger partial charge in [0.2, 0.25) is 0 Å². The highest BCUT2D eigenvalue weighted by Gasteiger charge is 2.23. The summed E-state index contributed by atoms with van der Waals surface area (Å²) in [7, 11) is 0. The Morgan fingerprint density at radius 1 is 1.29 bits per heavy atom. The molecule has 1 aliphatic heterocycles. The Balaban J connectivity index is 1.58. The number of nitrogens with one attached hydrogen (secondary N) is 2. The molecule has 0 saturated heterocycles. The standard InChI is InChI=1S/C18H17FN2O3/c1-11-17(22)21-15-9-12(5-6-16(15)24-11)7-8-20-18(23)13-3-2-4-14(19)10-13/h2-6,9-11H,7-8H2,1H3,(H,20,23)(H,21,22). The summed E-state index contributed by atoms with van der Waals surface area (Å²) in [6.45, 7) is 2.09. The van der Waals surface area contributed by atoms with Gasteiger partial charge in [0, 0.05) is 12.1 Å². The molecule has 0 aromatic heterocycles. The molecular weight excluding hydrogens is 311 g/mol. The van der Waals surface area contributed by atoms with Gasteiger partial charge in [-0.3, -0.25) is 9.59 Å². The minimum atomic E-state index is -0.506. The summed E-state index contributed by atoms with van der Waals surface area (Å²) in [6.07, 6.45) is 0.0775. The second-order valence-electron chi connectivity index (χ2n) is 5.60. The van der Waals surface area contributed by atoms with Crippen molar-refractivity contribution in [2.75, 3.05) is 11.9 Å². The van der Waals surface area contributed by atoms with E-state index < -0.39 is 11.9 Å². The Bertz CT molecular complexity index is 792. The zero-order valence-electron chi connectivity index (χ0n) is 13.1. The Kier molecular flexibility index (Phi) is 4.46. The molecule has 0 saturated carbocycles. The summed E-state index contributed by atoms with van der Waals surface area (Å²) in [4.78, 5) is 23.6. The summed E-state index contributed by atoms with van der Waals surface area (Å²) in [5, 5.41) is 5.53. The lowest BCUT2D eigenvalue weighted by Gasteiger charge is -2.23. The van der Waals surface area contributed by atoms with Gasteiger partial charge in [0.15, 0.2) is 6.10 Å². The SMILES string of the molecule is CC1Oc2ccc(CCNC(=O)c3cccc(F)c3)cc2NC1=O. The normalized spacial score (nSPS) is 15.9. The fourth-order valence-electron chi connectivity index (χ4n) is 2.46. The number of halogens is 1. The molecule has 124 valence electrons. The first-order valence-electron chi connectivity index (χ1n) is 7.67. The van der Waals surface area contributed by atoms with Crippen LogP contribution < -0.4 is 15.4 Å². The van der Waals surface area contributed by atoms with Gasteiger partial charge in [0.25, 0.3) is 11.8 Å². The van der Waals surface area contributed by atoms with E-state index in [0.717, 1.165) is 5.56 Å². The van der Waals surface area contributed by atoms with Gasteiger partial charge in [0.05, 0.1) is 5.69 Å². The predicted octanol–water partition coefficient (Wildman–Crippen LogP) is 2.52. The number of hydrogen-bond donors (Lipinski definition) is 2. The molecule has 2 aromatic rings. The molecule has 0 spiro atoms. The lowest BCUT2D eigenvalue weighted by Crippen LogP contribution is -2.34. The topological polar surface area (TPSA) is 67.4 Å². The van der Waals surface area contributed by atoms with E-state index in [2.05, 4.69) is 10.6 Å². The maximum atomic E-state index is 13.1. The molecule has 1 heterocycles. The van der Waals surface area contributed by atoms with Crippen molar-refractivity contribution in [3.8, 4) is 5.75 Å². The van der Waals surface area contributed by atoms with Crippen LogP contribution in [0.1, 0.15) is 22.8 Å². The zero-order valence-corrected chi connectivity index (χ0v) is 13.1. The second kappa shape index (κ2) is 6.70. The molecule has 6 heteroatoms. The van der Waals surface area contributed by atoms with Crippen molar-refractivity contribution in [3.05, 3.63) is 59.4 Å². The largest absolute Gasteiger partial charge is 0.479 e. The van der Waals surface area contributed by atoms with Crippen LogP contribution in [0.4, 0.5) is 10.1 Å². The summed E-state index contributed by atoms with van der Waals surface area (Å²) in [5.74, 6) is -0.311. The van der Waals surface area contributed by atoms with Gasteiger partial charge >= 0.3 is 0 Å². The van der Waals surface area contributed by atoms with Crippen LogP contribution >= 0.6 is 0 Å². The van der Waals surface area contributed by atoms with E-state index >= 15 is 0 Å². The average molecular weight is 328 g/mol. The first-order valence-corrected chi connectivity index (χ1v) is 7.67. The van der Waals surface area contributed by atoms with Gasteiger partial charge in [-0.1, -0.05) is 12.1 Å². The quantitative estimate of drug-likeness (QED) is 0.906. The van der Waals surface area contributed by atoms with Crippen molar-refractivity contribution < 1.29 is 18.7 Å². The maximum absolute atomic E-state index is 13.1. The number of amides is 2. The summed E-state index contributed by atoms with van der Waals surface area (Å²) >= 11 is 0. The first-order chi connectivity index (χ1) is 11.5. The minimum Gasteiger partial charge on any atom is -0.479 e. The number of anilines is 1. The van der Waals surface area contributed by atoms with Gasteiger partial charge in [-0.2, -0.15) is 0 Å². The Morgan fingerprint density at radius 3 is 2.92 bits per heavy atom. The minimum absolute atomic E-state index is 0.181. The third kappa shape index (κ3) is 3.53. The number of carbonyl (C=O) groups excluding carboxylic acids is 2. The molecule has 0 bridgehead atoms. The number of hydrogen-bond acceptors (Lipinski definition) is 3. The van der Waals surface area contributed by atoms with Crippen molar-refractivity contribution in [3.63, 3.8) is 0 Å². The maximum Gasteiger partial charge on any atom is 0.265 e. The van der Waals surface area contributed by atoms with Crippen LogP contribution in [-0.4, -0.2) is 24.5 Å². The van der Waals surface area contributed by atoms with Crippen molar-refractivity contribution >= 4 is 17.5 Å². The van der Waals surface area contributed by atoms with E-state index in [0.29, 0.717) is 24.4 Å². The lowest BCUT2D eigenvalue weighted by molar-refractivity contribution is -0.122. The van der Waals surface area contributed by atoms with Crippen molar-refractivity contribution in [2.24, 2.45) is 0 Å². The smallest absolute Gasteiger partial charge is 0.265 e. The van der Waals surface area contributed by atoms with Crippen LogP contribution in [0.25, 0.3) is 0 Å². The molecule has 2 aromatic carbocycles. The summed E-state index contributed by atoms with van der Waals surface area (Å²) in [6, 6.07) is 11.1. The van der Waals surface area contributed by atoms with Gasteiger partial charge in [-0.25, -0.2) is 4.39 Å². The van der Waals surface area contributed by atoms with E-state index in [9.17, 15) is 14.0 Å².